The first-order valence-electron chi connectivity index (χ1n) is 6.99. The van der Waals surface area contributed by atoms with Crippen molar-refractivity contribution in [2.75, 3.05) is 11.1 Å². The maximum Gasteiger partial charge on any atom is 0.225 e. The number of thioether (sulfide) groups is 1. The van der Waals surface area contributed by atoms with Crippen LogP contribution in [0.4, 0.5) is 5.69 Å². The molecule has 0 radical (unpaired) electrons. The minimum absolute atomic E-state index is 0.0117. The molecular formula is C16H19ClN2OS2. The first-order chi connectivity index (χ1) is 10.3. The second kappa shape index (κ2) is 7.49. The van der Waals surface area contributed by atoms with Crippen LogP contribution in [0, 0.1) is 0 Å². The Morgan fingerprint density at radius 2 is 2.18 bits per heavy atom. The lowest BCUT2D eigenvalue weighted by Crippen LogP contribution is -2.12. The van der Waals surface area contributed by atoms with E-state index in [0.717, 1.165) is 15.7 Å². The first-order valence-corrected chi connectivity index (χ1v) is 9.23. The number of amides is 1. The van der Waals surface area contributed by atoms with Crippen LogP contribution in [0.5, 0.6) is 0 Å². The molecule has 0 unspecified atom stereocenters. The molecule has 1 aromatic heterocycles. The topological polar surface area (TPSA) is 42.0 Å². The highest BCUT2D eigenvalue weighted by molar-refractivity contribution is 8.01. The Hall–Kier alpha value is -1.04. The third-order valence-corrected chi connectivity index (χ3v) is 5.17. The maximum atomic E-state index is 11.9. The largest absolute Gasteiger partial charge is 0.326 e. The summed E-state index contributed by atoms with van der Waals surface area (Å²) in [5, 5.41) is 5.55. The van der Waals surface area contributed by atoms with Gasteiger partial charge >= 0.3 is 0 Å². The highest BCUT2D eigenvalue weighted by Crippen LogP contribution is 2.29. The number of nitrogens with zero attached hydrogens (tertiary/aromatic N) is 1. The zero-order valence-corrected chi connectivity index (χ0v) is 15.2. The smallest absolute Gasteiger partial charge is 0.225 e. The number of anilines is 1. The SMILES string of the molecule is CC(C)(C)c1csc(SCCC(=O)Nc2cccc(Cl)c2)n1. The number of carbonyl (C=O) groups excluding carboxylic acids is 1. The predicted molar refractivity (Wildman–Crippen MR) is 96.2 cm³/mol. The van der Waals surface area contributed by atoms with Gasteiger partial charge in [0.2, 0.25) is 5.91 Å². The Labute approximate surface area is 144 Å². The van der Waals surface area contributed by atoms with Crippen molar-refractivity contribution in [3.8, 4) is 0 Å². The summed E-state index contributed by atoms with van der Waals surface area (Å²) < 4.78 is 1.01. The molecule has 2 aromatic rings. The normalized spacial score (nSPS) is 11.5. The quantitative estimate of drug-likeness (QED) is 0.749. The van der Waals surface area contributed by atoms with E-state index in [-0.39, 0.29) is 11.3 Å². The molecule has 0 bridgehead atoms. The van der Waals surface area contributed by atoms with Crippen LogP contribution in [0.25, 0.3) is 0 Å². The van der Waals surface area contributed by atoms with Gasteiger partial charge in [0.05, 0.1) is 5.69 Å². The highest BCUT2D eigenvalue weighted by atomic mass is 35.5. The van der Waals surface area contributed by atoms with Gasteiger partial charge in [0.25, 0.3) is 0 Å². The molecule has 2 rings (SSSR count). The Kier molecular flexibility index (Phi) is 5.89. The van der Waals surface area contributed by atoms with Gasteiger partial charge < -0.3 is 5.32 Å². The number of thiazole rings is 1. The van der Waals surface area contributed by atoms with Gasteiger partial charge in [0, 0.05) is 33.7 Å². The van der Waals surface area contributed by atoms with E-state index in [4.69, 9.17) is 11.6 Å². The lowest BCUT2D eigenvalue weighted by Gasteiger charge is -2.14. The van der Waals surface area contributed by atoms with Crippen molar-refractivity contribution in [3.05, 3.63) is 40.4 Å². The van der Waals surface area contributed by atoms with Crippen LogP contribution in [-0.2, 0) is 10.2 Å². The van der Waals surface area contributed by atoms with Crippen molar-refractivity contribution < 1.29 is 4.79 Å². The third-order valence-electron chi connectivity index (χ3n) is 2.91. The van der Waals surface area contributed by atoms with Gasteiger partial charge in [0.15, 0.2) is 0 Å². The van der Waals surface area contributed by atoms with Gasteiger partial charge in [-0.05, 0) is 18.2 Å². The zero-order valence-electron chi connectivity index (χ0n) is 12.9. The fourth-order valence-electron chi connectivity index (χ4n) is 1.69. The molecule has 0 aliphatic heterocycles. The van der Waals surface area contributed by atoms with Crippen molar-refractivity contribution in [1.82, 2.24) is 4.98 Å². The summed E-state index contributed by atoms with van der Waals surface area (Å²) in [6, 6.07) is 7.16. The molecule has 0 fully saturated rings. The van der Waals surface area contributed by atoms with Crippen LogP contribution in [0.1, 0.15) is 32.9 Å². The fraction of sp³-hybridized carbons (Fsp3) is 0.375. The molecule has 1 aromatic carbocycles. The van der Waals surface area contributed by atoms with E-state index >= 15 is 0 Å². The van der Waals surface area contributed by atoms with Crippen LogP contribution in [0.2, 0.25) is 5.02 Å². The molecule has 0 aliphatic rings. The van der Waals surface area contributed by atoms with Crippen molar-refractivity contribution in [2.45, 2.75) is 36.9 Å². The monoisotopic (exact) mass is 354 g/mol. The Morgan fingerprint density at radius 3 is 2.82 bits per heavy atom. The molecule has 1 heterocycles. The minimum atomic E-state index is -0.0117. The molecule has 1 N–H and O–H groups in total. The fourth-order valence-corrected chi connectivity index (χ4v) is 3.94. The van der Waals surface area contributed by atoms with Crippen molar-refractivity contribution in [3.63, 3.8) is 0 Å². The van der Waals surface area contributed by atoms with E-state index in [1.807, 2.05) is 12.1 Å². The van der Waals surface area contributed by atoms with Crippen molar-refractivity contribution in [2.24, 2.45) is 0 Å². The summed E-state index contributed by atoms with van der Waals surface area (Å²) in [6.07, 6.45) is 0.446. The number of halogens is 1. The molecule has 1 amide bonds. The lowest BCUT2D eigenvalue weighted by molar-refractivity contribution is -0.115. The van der Waals surface area contributed by atoms with Crippen LogP contribution >= 0.6 is 34.7 Å². The molecule has 118 valence electrons. The van der Waals surface area contributed by atoms with Crippen LogP contribution in [-0.4, -0.2) is 16.6 Å². The van der Waals surface area contributed by atoms with Gasteiger partial charge in [-0.15, -0.1) is 11.3 Å². The van der Waals surface area contributed by atoms with Gasteiger partial charge in [-0.1, -0.05) is 50.2 Å². The molecule has 22 heavy (non-hydrogen) atoms. The van der Waals surface area contributed by atoms with Crippen LogP contribution in [0.15, 0.2) is 34.0 Å². The molecule has 0 saturated heterocycles. The third kappa shape index (κ3) is 5.30. The number of rotatable bonds is 5. The van der Waals surface area contributed by atoms with Gasteiger partial charge in [-0.25, -0.2) is 4.98 Å². The second-order valence-corrected chi connectivity index (χ2v) is 8.54. The van der Waals surface area contributed by atoms with Gasteiger partial charge in [-0.3, -0.25) is 4.79 Å². The van der Waals surface area contributed by atoms with E-state index in [2.05, 4.69) is 36.5 Å². The molecule has 3 nitrogen and oxygen atoms in total. The second-order valence-electron chi connectivity index (χ2n) is 5.91. The van der Waals surface area contributed by atoms with Crippen molar-refractivity contribution in [1.29, 1.82) is 0 Å². The van der Waals surface area contributed by atoms with Gasteiger partial charge in [0.1, 0.15) is 4.34 Å². The van der Waals surface area contributed by atoms with E-state index in [1.165, 1.54) is 0 Å². The summed E-state index contributed by atoms with van der Waals surface area (Å²) in [4.78, 5) is 16.5. The van der Waals surface area contributed by atoms with E-state index in [9.17, 15) is 4.79 Å². The van der Waals surface area contributed by atoms with Crippen LogP contribution in [0.3, 0.4) is 0 Å². The van der Waals surface area contributed by atoms with Gasteiger partial charge in [-0.2, -0.15) is 0 Å². The number of aromatic nitrogens is 1. The zero-order chi connectivity index (χ0) is 16.2. The average Bonchev–Trinajstić information content (AvgIpc) is 2.87. The maximum absolute atomic E-state index is 11.9. The number of nitrogens with one attached hydrogen (secondary N) is 1. The molecule has 0 saturated carbocycles. The highest BCUT2D eigenvalue weighted by Gasteiger charge is 2.17. The molecule has 0 aliphatic carbocycles. The number of hydrogen-bond donors (Lipinski definition) is 1. The molecule has 0 atom stereocenters. The summed E-state index contributed by atoms with van der Waals surface area (Å²) in [6.45, 7) is 6.44. The molecule has 6 heteroatoms. The van der Waals surface area contributed by atoms with E-state index in [1.54, 1.807) is 35.2 Å². The van der Waals surface area contributed by atoms with Crippen molar-refractivity contribution >= 4 is 46.3 Å². The number of hydrogen-bond acceptors (Lipinski definition) is 4. The first kappa shape index (κ1) is 17.3. The standard InChI is InChI=1S/C16H19ClN2OS2/c1-16(2,3)13-10-22-15(19-13)21-8-7-14(20)18-12-6-4-5-11(17)9-12/h4-6,9-10H,7-8H2,1-3H3,(H,18,20). The Morgan fingerprint density at radius 1 is 1.41 bits per heavy atom. The summed E-state index contributed by atoms with van der Waals surface area (Å²) in [5.74, 6) is 0.700. The number of carbonyl (C=O) groups is 1. The molecule has 0 spiro atoms. The summed E-state index contributed by atoms with van der Waals surface area (Å²) in [5.41, 5.74) is 1.90. The average molecular weight is 355 g/mol. The van der Waals surface area contributed by atoms with E-state index < -0.39 is 0 Å². The summed E-state index contributed by atoms with van der Waals surface area (Å²) >= 11 is 9.15. The Balaban J connectivity index is 1.79. The molecular weight excluding hydrogens is 336 g/mol. The summed E-state index contributed by atoms with van der Waals surface area (Å²) in [7, 11) is 0. The van der Waals surface area contributed by atoms with E-state index in [0.29, 0.717) is 17.2 Å². The van der Waals surface area contributed by atoms with Crippen LogP contribution < -0.4 is 5.32 Å². The number of benzene rings is 1. The minimum Gasteiger partial charge on any atom is -0.326 e. The predicted octanol–water partition coefficient (Wildman–Crippen LogP) is 5.21. The lowest BCUT2D eigenvalue weighted by atomic mass is 9.93. The Bertz CT molecular complexity index is 650.